The number of rotatable bonds is 4. The molecule has 2 aliphatic rings. The zero-order chi connectivity index (χ0) is 16.7. The van der Waals surface area contributed by atoms with Crippen LogP contribution in [-0.2, 0) is 11.2 Å². The third kappa shape index (κ3) is 2.81. The summed E-state index contributed by atoms with van der Waals surface area (Å²) in [5, 5.41) is 1.17. The Morgan fingerprint density at radius 1 is 1.08 bits per heavy atom. The largest absolute Gasteiger partial charge is 0.336 e. The lowest BCUT2D eigenvalue weighted by atomic mass is 9.98. The number of fused-ring (bicyclic) bond motifs is 1. The molecular formula is C21H26N2O. The van der Waals surface area contributed by atoms with Gasteiger partial charge in [-0.1, -0.05) is 31.0 Å². The van der Waals surface area contributed by atoms with Gasteiger partial charge in [0, 0.05) is 23.2 Å². The Morgan fingerprint density at radius 3 is 2.46 bits per heavy atom. The van der Waals surface area contributed by atoms with Crippen LogP contribution in [0.4, 0.5) is 0 Å². The maximum absolute atomic E-state index is 13.1. The van der Waals surface area contributed by atoms with Crippen molar-refractivity contribution < 1.29 is 4.79 Å². The summed E-state index contributed by atoms with van der Waals surface area (Å²) < 4.78 is 0. The van der Waals surface area contributed by atoms with Gasteiger partial charge in [-0.05, 0) is 56.7 Å². The predicted octanol–water partition coefficient (Wildman–Crippen LogP) is 4.33. The molecule has 0 N–H and O–H groups in total. The number of amides is 1. The maximum atomic E-state index is 13.1. The quantitative estimate of drug-likeness (QED) is 0.839. The number of hydrogen-bond donors (Lipinski definition) is 0. The van der Waals surface area contributed by atoms with E-state index in [9.17, 15) is 4.79 Å². The van der Waals surface area contributed by atoms with Crippen molar-refractivity contribution in [3.05, 3.63) is 41.1 Å². The van der Waals surface area contributed by atoms with Crippen LogP contribution in [0, 0.1) is 13.8 Å². The highest BCUT2D eigenvalue weighted by Gasteiger charge is 2.38. The van der Waals surface area contributed by atoms with Crippen molar-refractivity contribution >= 4 is 16.8 Å². The van der Waals surface area contributed by atoms with Crippen LogP contribution < -0.4 is 0 Å². The predicted molar refractivity (Wildman–Crippen MR) is 97.0 cm³/mol. The Labute approximate surface area is 144 Å². The van der Waals surface area contributed by atoms with Gasteiger partial charge in [-0.15, -0.1) is 0 Å². The summed E-state index contributed by atoms with van der Waals surface area (Å²) in [5.74, 6) is 0.313. The molecule has 24 heavy (non-hydrogen) atoms. The first kappa shape index (κ1) is 15.6. The van der Waals surface area contributed by atoms with Crippen molar-refractivity contribution in [3.8, 4) is 0 Å². The van der Waals surface area contributed by atoms with Gasteiger partial charge < -0.3 is 4.90 Å². The number of carbonyl (C=O) groups excluding carboxylic acids is 1. The molecule has 0 bridgehead atoms. The molecule has 2 aromatic rings. The SMILES string of the molecule is Cc1nc2ccccc2c(C)c1CC(=O)N(C1CCCC1)C1CC1. The number of para-hydroxylation sites is 1. The molecule has 2 saturated carbocycles. The summed E-state index contributed by atoms with van der Waals surface area (Å²) in [4.78, 5) is 20.1. The average molecular weight is 322 g/mol. The zero-order valence-corrected chi connectivity index (χ0v) is 14.7. The monoisotopic (exact) mass is 322 g/mol. The molecule has 4 rings (SSSR count). The molecule has 3 heteroatoms. The van der Waals surface area contributed by atoms with Crippen LogP contribution in [0.15, 0.2) is 24.3 Å². The molecule has 126 valence electrons. The van der Waals surface area contributed by atoms with Crippen molar-refractivity contribution in [1.29, 1.82) is 0 Å². The Balaban J connectivity index is 1.64. The van der Waals surface area contributed by atoms with Crippen molar-refractivity contribution in [1.82, 2.24) is 9.88 Å². The van der Waals surface area contributed by atoms with E-state index in [1.807, 2.05) is 19.1 Å². The van der Waals surface area contributed by atoms with Gasteiger partial charge in [0.25, 0.3) is 0 Å². The first-order chi connectivity index (χ1) is 11.6. The highest BCUT2D eigenvalue weighted by Crippen LogP contribution is 2.35. The topological polar surface area (TPSA) is 33.2 Å². The van der Waals surface area contributed by atoms with E-state index in [1.165, 1.54) is 49.5 Å². The van der Waals surface area contributed by atoms with E-state index in [-0.39, 0.29) is 0 Å². The maximum Gasteiger partial charge on any atom is 0.227 e. The van der Waals surface area contributed by atoms with Crippen LogP contribution in [0.25, 0.3) is 10.9 Å². The lowest BCUT2D eigenvalue weighted by molar-refractivity contribution is -0.133. The molecule has 0 spiro atoms. The minimum absolute atomic E-state index is 0.313. The molecule has 0 radical (unpaired) electrons. The van der Waals surface area contributed by atoms with E-state index in [0.29, 0.717) is 24.4 Å². The minimum Gasteiger partial charge on any atom is -0.336 e. The summed E-state index contributed by atoms with van der Waals surface area (Å²) >= 11 is 0. The third-order valence-corrected chi connectivity index (χ3v) is 5.76. The van der Waals surface area contributed by atoms with E-state index in [4.69, 9.17) is 4.98 Å². The second kappa shape index (κ2) is 6.19. The van der Waals surface area contributed by atoms with Crippen LogP contribution in [0.2, 0.25) is 0 Å². The molecule has 1 aromatic heterocycles. The standard InChI is InChI=1S/C21H26N2O/c1-14-18-9-5-6-10-20(18)22-15(2)19(14)13-21(24)23(17-11-12-17)16-7-3-4-8-16/h5-6,9-10,16-17H,3-4,7-8,11-13H2,1-2H3. The number of carbonyl (C=O) groups is 1. The molecule has 1 amide bonds. The van der Waals surface area contributed by atoms with Crippen LogP contribution in [0.5, 0.6) is 0 Å². The molecule has 0 saturated heterocycles. The first-order valence-electron chi connectivity index (χ1n) is 9.31. The molecule has 1 heterocycles. The molecule has 3 nitrogen and oxygen atoms in total. The van der Waals surface area contributed by atoms with Gasteiger partial charge >= 0.3 is 0 Å². The fraction of sp³-hybridized carbons (Fsp3) is 0.524. The highest BCUT2D eigenvalue weighted by molar-refractivity contribution is 5.86. The van der Waals surface area contributed by atoms with Crippen molar-refractivity contribution in [2.75, 3.05) is 0 Å². The lowest BCUT2D eigenvalue weighted by Crippen LogP contribution is -2.41. The Kier molecular flexibility index (Phi) is 4.03. The van der Waals surface area contributed by atoms with Gasteiger partial charge in [0.15, 0.2) is 0 Å². The van der Waals surface area contributed by atoms with Crippen molar-refractivity contribution in [3.63, 3.8) is 0 Å². The Hall–Kier alpha value is -1.90. The van der Waals surface area contributed by atoms with E-state index < -0.39 is 0 Å². The number of pyridine rings is 1. The molecule has 0 atom stereocenters. The van der Waals surface area contributed by atoms with Gasteiger partial charge in [-0.25, -0.2) is 0 Å². The number of aryl methyl sites for hydroxylation is 2. The molecule has 0 unspecified atom stereocenters. The summed E-state index contributed by atoms with van der Waals surface area (Å²) in [7, 11) is 0. The van der Waals surface area contributed by atoms with E-state index in [0.717, 1.165) is 16.8 Å². The third-order valence-electron chi connectivity index (χ3n) is 5.76. The molecule has 1 aromatic carbocycles. The fourth-order valence-corrected chi connectivity index (χ4v) is 4.31. The molecule has 2 fully saturated rings. The molecule has 0 aliphatic heterocycles. The van der Waals surface area contributed by atoms with Gasteiger partial charge in [-0.3, -0.25) is 9.78 Å². The second-order valence-electron chi connectivity index (χ2n) is 7.47. The molecule has 2 aliphatic carbocycles. The number of aromatic nitrogens is 1. The summed E-state index contributed by atoms with van der Waals surface area (Å²) in [6.45, 7) is 4.18. The highest BCUT2D eigenvalue weighted by atomic mass is 16.2. The smallest absolute Gasteiger partial charge is 0.227 e. The Bertz CT molecular complexity index is 773. The number of benzene rings is 1. The normalized spacial score (nSPS) is 18.2. The van der Waals surface area contributed by atoms with Crippen LogP contribution >= 0.6 is 0 Å². The number of nitrogens with zero attached hydrogens (tertiary/aromatic N) is 2. The van der Waals surface area contributed by atoms with Crippen molar-refractivity contribution in [2.45, 2.75) is 70.9 Å². The second-order valence-corrected chi connectivity index (χ2v) is 7.47. The zero-order valence-electron chi connectivity index (χ0n) is 14.7. The van der Waals surface area contributed by atoms with Gasteiger partial charge in [0.2, 0.25) is 5.91 Å². The summed E-state index contributed by atoms with van der Waals surface area (Å²) in [6, 6.07) is 9.23. The molecular weight excluding hydrogens is 296 g/mol. The van der Waals surface area contributed by atoms with Crippen LogP contribution in [0.1, 0.15) is 55.3 Å². The van der Waals surface area contributed by atoms with E-state index in [2.05, 4.69) is 24.0 Å². The van der Waals surface area contributed by atoms with Crippen LogP contribution in [0.3, 0.4) is 0 Å². The van der Waals surface area contributed by atoms with Crippen LogP contribution in [-0.4, -0.2) is 27.9 Å². The summed E-state index contributed by atoms with van der Waals surface area (Å²) in [6.07, 6.45) is 7.81. The Morgan fingerprint density at radius 2 is 1.75 bits per heavy atom. The summed E-state index contributed by atoms with van der Waals surface area (Å²) in [5.41, 5.74) is 4.37. The fourth-order valence-electron chi connectivity index (χ4n) is 4.31. The van der Waals surface area contributed by atoms with E-state index in [1.54, 1.807) is 0 Å². The average Bonchev–Trinajstić information content (AvgIpc) is 3.25. The first-order valence-corrected chi connectivity index (χ1v) is 9.31. The van der Waals surface area contributed by atoms with Gasteiger partial charge in [0.05, 0.1) is 11.9 Å². The number of hydrogen-bond acceptors (Lipinski definition) is 2. The van der Waals surface area contributed by atoms with Crippen molar-refractivity contribution in [2.24, 2.45) is 0 Å². The van der Waals surface area contributed by atoms with Gasteiger partial charge in [-0.2, -0.15) is 0 Å². The minimum atomic E-state index is 0.313. The lowest BCUT2D eigenvalue weighted by Gasteiger charge is -2.29. The van der Waals surface area contributed by atoms with E-state index >= 15 is 0 Å². The van der Waals surface area contributed by atoms with Gasteiger partial charge in [0.1, 0.15) is 0 Å².